The second-order valence-corrected chi connectivity index (χ2v) is 9.80. The van der Waals surface area contributed by atoms with Crippen LogP contribution in [0.25, 0.3) is 0 Å². The number of amides is 1. The number of benzene rings is 3. The number of ether oxygens (including phenoxy) is 3. The van der Waals surface area contributed by atoms with Crippen molar-refractivity contribution in [2.45, 2.75) is 72.1 Å². The monoisotopic (exact) mass is 503 g/mol. The molecule has 0 aromatic heterocycles. The van der Waals surface area contributed by atoms with Crippen LogP contribution in [0.3, 0.4) is 0 Å². The molecule has 0 spiro atoms. The van der Waals surface area contributed by atoms with E-state index >= 15 is 0 Å². The van der Waals surface area contributed by atoms with Gasteiger partial charge in [0.05, 0.1) is 19.3 Å². The van der Waals surface area contributed by atoms with Gasteiger partial charge in [0.15, 0.2) is 0 Å². The summed E-state index contributed by atoms with van der Waals surface area (Å²) in [6, 6.07) is 24.4. The van der Waals surface area contributed by atoms with E-state index in [-0.39, 0.29) is 24.0 Å². The molecule has 1 atom stereocenters. The molecule has 37 heavy (non-hydrogen) atoms. The van der Waals surface area contributed by atoms with Gasteiger partial charge in [-0.1, -0.05) is 49.4 Å². The topological polar surface area (TPSA) is 48.0 Å². The van der Waals surface area contributed by atoms with Gasteiger partial charge in [0.1, 0.15) is 17.2 Å². The van der Waals surface area contributed by atoms with Crippen molar-refractivity contribution < 1.29 is 19.0 Å². The summed E-state index contributed by atoms with van der Waals surface area (Å²) in [5.74, 6) is 2.75. The van der Waals surface area contributed by atoms with Crippen LogP contribution >= 0.6 is 0 Å². The number of rotatable bonds is 13. The van der Waals surface area contributed by atoms with Crippen LogP contribution < -0.4 is 14.2 Å². The molecule has 1 unspecified atom stereocenters. The molecule has 3 aromatic carbocycles. The molecule has 0 radical (unpaired) electrons. The Bertz CT molecular complexity index is 1110. The standard InChI is InChI=1S/C32H41NO4/c1-7-32(34)33(22-25-12-16-27(17-13-25)36-23(2)3)21-20-29(30-10-8-9-11-31(30)35-6)26-14-18-28(19-15-26)37-24(4)5/h8-19,23-24,29H,7,20-22H2,1-6H3. The van der Waals surface area contributed by atoms with E-state index in [4.69, 9.17) is 14.2 Å². The molecule has 3 aromatic rings. The van der Waals surface area contributed by atoms with Gasteiger partial charge >= 0.3 is 0 Å². The Morgan fingerprint density at radius 3 is 1.92 bits per heavy atom. The predicted octanol–water partition coefficient (Wildman–Crippen LogP) is 7.23. The van der Waals surface area contributed by atoms with E-state index < -0.39 is 0 Å². The summed E-state index contributed by atoms with van der Waals surface area (Å²) in [5, 5.41) is 0. The SMILES string of the molecule is CCC(=O)N(CCC(c1ccc(OC(C)C)cc1)c1ccccc1OC)Cc1ccc(OC(C)C)cc1. The lowest BCUT2D eigenvalue weighted by Gasteiger charge is -2.27. The van der Waals surface area contributed by atoms with Gasteiger partial charge < -0.3 is 19.1 Å². The maximum absolute atomic E-state index is 12.9. The Morgan fingerprint density at radius 1 is 0.811 bits per heavy atom. The molecule has 0 fully saturated rings. The number of para-hydroxylation sites is 1. The van der Waals surface area contributed by atoms with Crippen molar-refractivity contribution in [3.8, 4) is 17.2 Å². The van der Waals surface area contributed by atoms with Crippen LogP contribution in [0, 0.1) is 0 Å². The minimum Gasteiger partial charge on any atom is -0.496 e. The summed E-state index contributed by atoms with van der Waals surface area (Å²) in [7, 11) is 1.70. The molecule has 0 saturated heterocycles. The number of carbonyl (C=O) groups is 1. The lowest BCUT2D eigenvalue weighted by molar-refractivity contribution is -0.131. The largest absolute Gasteiger partial charge is 0.496 e. The van der Waals surface area contributed by atoms with Crippen molar-refractivity contribution in [3.63, 3.8) is 0 Å². The number of hydrogen-bond donors (Lipinski definition) is 0. The van der Waals surface area contributed by atoms with E-state index in [0.717, 1.165) is 34.8 Å². The Labute approximate surface area is 222 Å². The van der Waals surface area contributed by atoms with Crippen molar-refractivity contribution >= 4 is 5.91 Å². The first kappa shape index (κ1) is 28.1. The van der Waals surface area contributed by atoms with E-state index in [1.807, 2.05) is 94.1 Å². The van der Waals surface area contributed by atoms with Gasteiger partial charge in [-0.05, 0) is 75.6 Å². The highest BCUT2D eigenvalue weighted by Gasteiger charge is 2.21. The molecule has 0 aliphatic carbocycles. The first-order chi connectivity index (χ1) is 17.8. The van der Waals surface area contributed by atoms with E-state index in [1.165, 1.54) is 5.56 Å². The van der Waals surface area contributed by atoms with Gasteiger partial charge in [-0.25, -0.2) is 0 Å². The Balaban J connectivity index is 1.83. The highest BCUT2D eigenvalue weighted by atomic mass is 16.5. The lowest BCUT2D eigenvalue weighted by atomic mass is 9.87. The minimum absolute atomic E-state index is 0.0678. The first-order valence-electron chi connectivity index (χ1n) is 13.2. The Hall–Kier alpha value is -3.47. The molecule has 0 bridgehead atoms. The van der Waals surface area contributed by atoms with Crippen LogP contribution in [0.1, 0.15) is 70.1 Å². The molecule has 0 N–H and O–H groups in total. The van der Waals surface area contributed by atoms with E-state index in [9.17, 15) is 4.79 Å². The lowest BCUT2D eigenvalue weighted by Crippen LogP contribution is -2.31. The van der Waals surface area contributed by atoms with Crippen molar-refractivity contribution in [1.82, 2.24) is 4.90 Å². The van der Waals surface area contributed by atoms with Crippen molar-refractivity contribution in [1.29, 1.82) is 0 Å². The number of methoxy groups -OCH3 is 1. The minimum atomic E-state index is 0.0678. The summed E-state index contributed by atoms with van der Waals surface area (Å²) in [5.41, 5.74) is 3.36. The van der Waals surface area contributed by atoms with Gasteiger partial charge in [-0.2, -0.15) is 0 Å². The van der Waals surface area contributed by atoms with Crippen LogP contribution in [-0.2, 0) is 11.3 Å². The first-order valence-corrected chi connectivity index (χ1v) is 13.2. The van der Waals surface area contributed by atoms with Crippen LogP contribution in [-0.4, -0.2) is 36.7 Å². The van der Waals surface area contributed by atoms with Crippen LogP contribution in [0.5, 0.6) is 17.2 Å². The summed E-state index contributed by atoms with van der Waals surface area (Å²) in [4.78, 5) is 14.9. The molecule has 198 valence electrons. The molecule has 5 heteroatoms. The predicted molar refractivity (Wildman–Crippen MR) is 150 cm³/mol. The van der Waals surface area contributed by atoms with Crippen LogP contribution in [0.4, 0.5) is 0 Å². The average molecular weight is 504 g/mol. The molecule has 5 nitrogen and oxygen atoms in total. The van der Waals surface area contributed by atoms with Crippen molar-refractivity contribution in [3.05, 3.63) is 89.5 Å². The van der Waals surface area contributed by atoms with Gasteiger partial charge in [-0.15, -0.1) is 0 Å². The number of nitrogens with zero attached hydrogens (tertiary/aromatic N) is 1. The second kappa shape index (κ2) is 13.7. The fourth-order valence-corrected chi connectivity index (χ4v) is 4.47. The van der Waals surface area contributed by atoms with E-state index in [1.54, 1.807) is 7.11 Å². The maximum atomic E-state index is 12.9. The molecular weight excluding hydrogens is 462 g/mol. The fraction of sp³-hybridized carbons (Fsp3) is 0.406. The van der Waals surface area contributed by atoms with Gasteiger partial charge in [0, 0.05) is 31.0 Å². The molecule has 0 aliphatic heterocycles. The van der Waals surface area contributed by atoms with Gasteiger partial charge in [0.2, 0.25) is 5.91 Å². The zero-order chi connectivity index (χ0) is 26.8. The normalized spacial score (nSPS) is 11.9. The highest BCUT2D eigenvalue weighted by molar-refractivity contribution is 5.75. The molecule has 1 amide bonds. The zero-order valence-electron chi connectivity index (χ0n) is 23.1. The quantitative estimate of drug-likeness (QED) is 0.247. The van der Waals surface area contributed by atoms with Gasteiger partial charge in [0.25, 0.3) is 0 Å². The van der Waals surface area contributed by atoms with Crippen molar-refractivity contribution in [2.75, 3.05) is 13.7 Å². The number of carbonyl (C=O) groups excluding carboxylic acids is 1. The molecule has 0 aliphatic rings. The highest BCUT2D eigenvalue weighted by Crippen LogP contribution is 2.35. The summed E-state index contributed by atoms with van der Waals surface area (Å²) in [6.07, 6.45) is 1.48. The summed E-state index contributed by atoms with van der Waals surface area (Å²) < 4.78 is 17.3. The maximum Gasteiger partial charge on any atom is 0.222 e. The summed E-state index contributed by atoms with van der Waals surface area (Å²) in [6.45, 7) is 11.2. The van der Waals surface area contributed by atoms with E-state index in [0.29, 0.717) is 19.5 Å². The van der Waals surface area contributed by atoms with E-state index in [2.05, 4.69) is 18.2 Å². The van der Waals surface area contributed by atoms with Crippen LogP contribution in [0.15, 0.2) is 72.8 Å². The third kappa shape index (κ3) is 8.28. The number of hydrogen-bond acceptors (Lipinski definition) is 4. The zero-order valence-corrected chi connectivity index (χ0v) is 23.1. The molecule has 3 rings (SSSR count). The van der Waals surface area contributed by atoms with Crippen LogP contribution in [0.2, 0.25) is 0 Å². The fourth-order valence-electron chi connectivity index (χ4n) is 4.47. The molecule has 0 heterocycles. The smallest absolute Gasteiger partial charge is 0.222 e. The molecule has 0 saturated carbocycles. The third-order valence-corrected chi connectivity index (χ3v) is 6.18. The Kier molecular flexibility index (Phi) is 10.4. The molecular formula is C32H41NO4. The summed E-state index contributed by atoms with van der Waals surface area (Å²) >= 11 is 0. The average Bonchev–Trinajstić information content (AvgIpc) is 2.89. The van der Waals surface area contributed by atoms with Crippen molar-refractivity contribution in [2.24, 2.45) is 0 Å². The van der Waals surface area contributed by atoms with Gasteiger partial charge in [-0.3, -0.25) is 4.79 Å². The Morgan fingerprint density at radius 2 is 1.38 bits per heavy atom. The second-order valence-electron chi connectivity index (χ2n) is 9.80. The third-order valence-electron chi connectivity index (χ3n) is 6.18.